The number of benzene rings is 2. The summed E-state index contributed by atoms with van der Waals surface area (Å²) in [4.78, 5) is 25.2. The average Bonchev–Trinajstić information content (AvgIpc) is 2.94. The Bertz CT molecular complexity index is 957. The fourth-order valence-corrected chi connectivity index (χ4v) is 3.23. The first kappa shape index (κ1) is 19.4. The third-order valence-corrected chi connectivity index (χ3v) is 4.68. The van der Waals surface area contributed by atoms with Crippen LogP contribution < -0.4 is 5.01 Å². The number of alkyl halides is 1. The van der Waals surface area contributed by atoms with Gasteiger partial charge in [0.15, 0.2) is 0 Å². The van der Waals surface area contributed by atoms with E-state index in [0.717, 1.165) is 24.3 Å². The molecule has 5 nitrogen and oxygen atoms in total. The van der Waals surface area contributed by atoms with Gasteiger partial charge in [-0.2, -0.15) is 10.1 Å². The Hall–Kier alpha value is -3.35. The molecule has 2 aromatic carbocycles. The van der Waals surface area contributed by atoms with E-state index in [1.54, 1.807) is 30.3 Å². The van der Waals surface area contributed by atoms with Crippen LogP contribution in [0.15, 0.2) is 71.9 Å². The first-order chi connectivity index (χ1) is 13.3. The van der Waals surface area contributed by atoms with Crippen molar-refractivity contribution in [2.45, 2.75) is 18.5 Å². The fourth-order valence-electron chi connectivity index (χ4n) is 3.23. The van der Waals surface area contributed by atoms with Crippen molar-refractivity contribution in [1.29, 1.82) is 0 Å². The Morgan fingerprint density at radius 1 is 1.18 bits per heavy atom. The number of carbonyl (C=O) groups is 2. The maximum absolute atomic E-state index is 16.3. The zero-order valence-electron chi connectivity index (χ0n) is 15.4. The molecule has 1 aliphatic heterocycles. The summed E-state index contributed by atoms with van der Waals surface area (Å²) in [6.45, 7) is 5.01. The number of hydrogen-bond donors (Lipinski definition) is 0. The summed E-state index contributed by atoms with van der Waals surface area (Å²) in [6.07, 6.45) is 0. The van der Waals surface area contributed by atoms with Crippen molar-refractivity contribution in [3.8, 4) is 0 Å². The van der Waals surface area contributed by atoms with E-state index in [1.165, 1.54) is 19.1 Å². The van der Waals surface area contributed by atoms with Crippen LogP contribution in [0, 0.1) is 5.82 Å². The van der Waals surface area contributed by atoms with Crippen LogP contribution in [0.1, 0.15) is 18.4 Å². The molecule has 0 N–H and O–H groups in total. The molecule has 28 heavy (non-hydrogen) atoms. The number of para-hydroxylation sites is 1. The first-order valence-corrected chi connectivity index (χ1v) is 8.47. The second kappa shape index (κ2) is 7.34. The second-order valence-corrected chi connectivity index (χ2v) is 6.35. The third-order valence-electron chi connectivity index (χ3n) is 4.68. The van der Waals surface area contributed by atoms with Gasteiger partial charge in [0, 0.05) is 5.57 Å². The van der Waals surface area contributed by atoms with Crippen molar-refractivity contribution in [2.24, 2.45) is 5.10 Å². The van der Waals surface area contributed by atoms with Crippen LogP contribution in [-0.4, -0.2) is 30.4 Å². The summed E-state index contributed by atoms with van der Waals surface area (Å²) in [5, 5.41) is 5.04. The summed E-state index contributed by atoms with van der Waals surface area (Å²) in [7, 11) is 1.13. The molecule has 0 spiro atoms. The smallest absolute Gasteiger partial charge is 0.333 e. The number of ether oxygens (including phenoxy) is 1. The van der Waals surface area contributed by atoms with Crippen LogP contribution in [0.5, 0.6) is 0 Å². The quantitative estimate of drug-likeness (QED) is 0.582. The van der Waals surface area contributed by atoms with Crippen LogP contribution in [0.3, 0.4) is 0 Å². The van der Waals surface area contributed by atoms with Gasteiger partial charge in [-0.05, 0) is 36.8 Å². The van der Waals surface area contributed by atoms with E-state index in [2.05, 4.69) is 16.4 Å². The van der Waals surface area contributed by atoms with Gasteiger partial charge < -0.3 is 4.74 Å². The van der Waals surface area contributed by atoms with Crippen molar-refractivity contribution in [3.05, 3.63) is 78.1 Å². The predicted molar refractivity (Wildman–Crippen MR) is 101 cm³/mol. The molecule has 0 saturated heterocycles. The minimum Gasteiger partial charge on any atom is -0.466 e. The van der Waals surface area contributed by atoms with E-state index in [4.69, 9.17) is 0 Å². The minimum atomic E-state index is -2.68. The molecular weight excluding hydrogens is 366 g/mol. The third kappa shape index (κ3) is 3.09. The van der Waals surface area contributed by atoms with Crippen molar-refractivity contribution < 1.29 is 23.1 Å². The van der Waals surface area contributed by atoms with Crippen LogP contribution in [-0.2, 0) is 14.3 Å². The molecule has 7 heteroatoms. The highest BCUT2D eigenvalue weighted by Crippen LogP contribution is 2.44. The molecule has 144 valence electrons. The number of halogens is 2. The first-order valence-electron chi connectivity index (χ1n) is 8.47. The Kier molecular flexibility index (Phi) is 5.09. The van der Waals surface area contributed by atoms with Crippen molar-refractivity contribution in [2.75, 3.05) is 12.1 Å². The fraction of sp³-hybridized carbons (Fsp3) is 0.190. The molecule has 1 amide bonds. The normalized spacial score (nSPS) is 19.9. The summed E-state index contributed by atoms with van der Waals surface area (Å²) in [6, 6.07) is 13.2. The highest BCUT2D eigenvalue weighted by Gasteiger charge is 2.58. The summed E-state index contributed by atoms with van der Waals surface area (Å²) in [5.74, 6) is -3.79. The van der Waals surface area contributed by atoms with E-state index in [1.807, 2.05) is 0 Å². The number of esters is 1. The number of anilines is 1. The van der Waals surface area contributed by atoms with Crippen molar-refractivity contribution in [1.82, 2.24) is 0 Å². The Morgan fingerprint density at radius 2 is 1.79 bits per heavy atom. The van der Waals surface area contributed by atoms with Gasteiger partial charge in [-0.1, -0.05) is 36.9 Å². The molecule has 2 aromatic rings. The SMILES string of the molecule is C=C(C(=O)OC)C(c1ccc(F)cc1)C1(F)C(=O)N(c2ccccc2)N=C1C. The van der Waals surface area contributed by atoms with E-state index in [-0.39, 0.29) is 16.8 Å². The van der Waals surface area contributed by atoms with Gasteiger partial charge in [0.05, 0.1) is 24.4 Å². The molecular formula is C21H18F2N2O3. The lowest BCUT2D eigenvalue weighted by Gasteiger charge is -2.30. The van der Waals surface area contributed by atoms with Gasteiger partial charge in [0.1, 0.15) is 5.82 Å². The van der Waals surface area contributed by atoms with E-state index < -0.39 is 29.3 Å². The number of hydrogen-bond acceptors (Lipinski definition) is 4. The number of hydrazone groups is 1. The lowest BCUT2D eigenvalue weighted by atomic mass is 9.76. The highest BCUT2D eigenvalue weighted by atomic mass is 19.1. The van der Waals surface area contributed by atoms with Gasteiger partial charge in [-0.25, -0.2) is 13.6 Å². The molecule has 1 aliphatic rings. The standard InChI is InChI=1S/C21H18F2N2O3/c1-13(19(26)28-3)18(15-9-11-16(22)12-10-15)21(23)14(2)24-25(20(21)27)17-7-5-4-6-8-17/h4-12,18H,1H2,2-3H3. The summed E-state index contributed by atoms with van der Waals surface area (Å²) in [5.41, 5.74) is -2.50. The van der Waals surface area contributed by atoms with Gasteiger partial charge >= 0.3 is 5.97 Å². The number of nitrogens with zero attached hydrogens (tertiary/aromatic N) is 2. The number of rotatable bonds is 5. The molecule has 1 heterocycles. The van der Waals surface area contributed by atoms with Crippen LogP contribution >= 0.6 is 0 Å². The van der Waals surface area contributed by atoms with E-state index >= 15 is 4.39 Å². The molecule has 0 saturated carbocycles. The Labute approximate surface area is 160 Å². The molecule has 2 unspecified atom stereocenters. The number of methoxy groups -OCH3 is 1. The summed E-state index contributed by atoms with van der Waals surface area (Å²) < 4.78 is 34.4. The van der Waals surface area contributed by atoms with Gasteiger partial charge in [-0.3, -0.25) is 4.79 Å². The van der Waals surface area contributed by atoms with Gasteiger partial charge in [0.25, 0.3) is 5.91 Å². The number of amides is 1. The maximum Gasteiger partial charge on any atom is 0.333 e. The zero-order valence-corrected chi connectivity index (χ0v) is 15.4. The lowest BCUT2D eigenvalue weighted by Crippen LogP contribution is -2.48. The van der Waals surface area contributed by atoms with Crippen molar-refractivity contribution in [3.63, 3.8) is 0 Å². The van der Waals surface area contributed by atoms with Gasteiger partial charge in [0.2, 0.25) is 5.67 Å². The van der Waals surface area contributed by atoms with Crippen LogP contribution in [0.2, 0.25) is 0 Å². The largest absolute Gasteiger partial charge is 0.466 e. The molecule has 0 fully saturated rings. The Balaban J connectivity index is 2.12. The van der Waals surface area contributed by atoms with Crippen LogP contribution in [0.4, 0.5) is 14.5 Å². The van der Waals surface area contributed by atoms with Gasteiger partial charge in [-0.15, -0.1) is 0 Å². The topological polar surface area (TPSA) is 59.0 Å². The molecule has 0 aliphatic carbocycles. The summed E-state index contributed by atoms with van der Waals surface area (Å²) >= 11 is 0. The minimum absolute atomic E-state index is 0.138. The monoisotopic (exact) mass is 384 g/mol. The molecule has 0 aromatic heterocycles. The van der Waals surface area contributed by atoms with E-state index in [9.17, 15) is 14.0 Å². The van der Waals surface area contributed by atoms with Crippen molar-refractivity contribution >= 4 is 23.3 Å². The number of carbonyl (C=O) groups excluding carboxylic acids is 2. The van der Waals surface area contributed by atoms with Crippen LogP contribution in [0.25, 0.3) is 0 Å². The molecule has 0 bridgehead atoms. The highest BCUT2D eigenvalue weighted by molar-refractivity contribution is 6.23. The zero-order chi connectivity index (χ0) is 20.5. The molecule has 3 rings (SSSR count). The predicted octanol–water partition coefficient (Wildman–Crippen LogP) is 3.77. The van der Waals surface area contributed by atoms with E-state index in [0.29, 0.717) is 5.69 Å². The molecule has 0 radical (unpaired) electrons. The average molecular weight is 384 g/mol. The maximum atomic E-state index is 16.3. The molecule has 2 atom stereocenters. The Morgan fingerprint density at radius 3 is 2.36 bits per heavy atom. The second-order valence-electron chi connectivity index (χ2n) is 6.35. The lowest BCUT2D eigenvalue weighted by molar-refractivity contribution is -0.137.